The van der Waals surface area contributed by atoms with Crippen molar-refractivity contribution in [2.45, 2.75) is 20.4 Å². The summed E-state index contributed by atoms with van der Waals surface area (Å²) in [7, 11) is 3.26. The number of aromatic amines is 1. The number of amides is 1. The number of nitrogens with two attached hydrogens (primary N) is 1. The molecular weight excluding hydrogens is 384 g/mol. The van der Waals surface area contributed by atoms with Crippen molar-refractivity contribution in [3.05, 3.63) is 79.8 Å². The number of H-pyrrole nitrogens is 1. The zero-order valence-electron chi connectivity index (χ0n) is 17.3. The molecule has 1 aromatic carbocycles. The van der Waals surface area contributed by atoms with Crippen molar-refractivity contribution >= 4 is 23.5 Å². The van der Waals surface area contributed by atoms with Gasteiger partial charge >= 0.3 is 5.69 Å². The molecule has 0 aliphatic carbocycles. The van der Waals surface area contributed by atoms with Crippen molar-refractivity contribution < 1.29 is 4.79 Å². The first kappa shape index (κ1) is 20.8. The minimum atomic E-state index is -0.722. The zero-order valence-corrected chi connectivity index (χ0v) is 17.3. The molecule has 9 heteroatoms. The van der Waals surface area contributed by atoms with Gasteiger partial charge in [0.15, 0.2) is 5.69 Å². The van der Waals surface area contributed by atoms with Crippen LogP contribution in [-0.2, 0) is 18.4 Å². The Hall–Kier alpha value is -3.88. The molecular formula is C21H24N6O3. The third-order valence-corrected chi connectivity index (χ3v) is 5.02. The second-order valence-electron chi connectivity index (χ2n) is 7.00. The highest BCUT2D eigenvalue weighted by molar-refractivity contribution is 6.04. The summed E-state index contributed by atoms with van der Waals surface area (Å²) >= 11 is 0. The molecule has 0 spiro atoms. The van der Waals surface area contributed by atoms with Gasteiger partial charge in [-0.3, -0.25) is 23.8 Å². The van der Waals surface area contributed by atoms with Gasteiger partial charge in [0.1, 0.15) is 5.82 Å². The predicted molar refractivity (Wildman–Crippen MR) is 116 cm³/mol. The number of nitrogens with one attached hydrogen (secondary N) is 1. The van der Waals surface area contributed by atoms with E-state index in [9.17, 15) is 14.4 Å². The van der Waals surface area contributed by atoms with Crippen LogP contribution in [-0.4, -0.2) is 32.3 Å². The maximum Gasteiger partial charge on any atom is 0.330 e. The molecule has 0 radical (unpaired) electrons. The van der Waals surface area contributed by atoms with Gasteiger partial charge in [-0.15, -0.1) is 0 Å². The lowest BCUT2D eigenvalue weighted by Gasteiger charge is -2.19. The Bertz CT molecular complexity index is 1230. The van der Waals surface area contributed by atoms with E-state index in [2.05, 4.69) is 10.1 Å². The van der Waals surface area contributed by atoms with Gasteiger partial charge in [-0.2, -0.15) is 5.10 Å². The second kappa shape index (κ2) is 8.24. The van der Waals surface area contributed by atoms with E-state index in [1.54, 1.807) is 10.8 Å². The predicted octanol–water partition coefficient (Wildman–Crippen LogP) is 1.19. The Morgan fingerprint density at radius 1 is 1.23 bits per heavy atom. The van der Waals surface area contributed by atoms with Crippen LogP contribution in [0.2, 0.25) is 0 Å². The summed E-state index contributed by atoms with van der Waals surface area (Å²) in [6.45, 7) is 3.92. The molecule has 0 bridgehead atoms. The van der Waals surface area contributed by atoms with E-state index in [-0.39, 0.29) is 18.1 Å². The van der Waals surface area contributed by atoms with Crippen molar-refractivity contribution in [2.75, 3.05) is 17.7 Å². The number of anilines is 2. The summed E-state index contributed by atoms with van der Waals surface area (Å²) in [5.74, 6) is -0.537. The van der Waals surface area contributed by atoms with Crippen molar-refractivity contribution in [3.8, 4) is 0 Å². The third-order valence-electron chi connectivity index (χ3n) is 5.02. The number of aryl methyl sites for hydroxylation is 2. The molecule has 0 fully saturated rings. The van der Waals surface area contributed by atoms with Crippen LogP contribution >= 0.6 is 0 Å². The number of carbonyl (C=O) groups is 1. The second-order valence-corrected chi connectivity index (χ2v) is 7.00. The molecule has 0 unspecified atom stereocenters. The van der Waals surface area contributed by atoms with E-state index in [1.807, 2.05) is 51.2 Å². The van der Waals surface area contributed by atoms with Crippen molar-refractivity contribution in [3.63, 3.8) is 0 Å². The molecule has 0 aliphatic heterocycles. The quantitative estimate of drug-likeness (QED) is 0.615. The smallest absolute Gasteiger partial charge is 0.330 e. The van der Waals surface area contributed by atoms with Crippen LogP contribution in [0.3, 0.4) is 0 Å². The van der Waals surface area contributed by atoms with Crippen LogP contribution in [0.25, 0.3) is 6.08 Å². The Balaban J connectivity index is 1.95. The summed E-state index contributed by atoms with van der Waals surface area (Å²) in [4.78, 5) is 40.8. The van der Waals surface area contributed by atoms with E-state index in [4.69, 9.17) is 5.73 Å². The molecule has 0 atom stereocenters. The van der Waals surface area contributed by atoms with Gasteiger partial charge in [0.25, 0.3) is 11.5 Å². The van der Waals surface area contributed by atoms with Gasteiger partial charge < -0.3 is 10.6 Å². The minimum Gasteiger partial charge on any atom is -0.383 e. The first-order chi connectivity index (χ1) is 14.2. The molecule has 3 N–H and O–H groups in total. The lowest BCUT2D eigenvalue weighted by molar-refractivity contribution is -0.113. The Morgan fingerprint density at radius 2 is 1.90 bits per heavy atom. The number of rotatable bonds is 5. The average molecular weight is 408 g/mol. The highest BCUT2D eigenvalue weighted by Gasteiger charge is 2.20. The Kier molecular flexibility index (Phi) is 5.72. The molecule has 30 heavy (non-hydrogen) atoms. The maximum absolute atomic E-state index is 12.7. The first-order valence-electron chi connectivity index (χ1n) is 9.33. The Morgan fingerprint density at radius 3 is 2.50 bits per heavy atom. The SMILES string of the molecule is Cc1nn(C)c(C)c1C=CC(=O)N(C)c1c(N)n(Cc2ccccc2)c(=O)[nH]c1=O. The molecule has 3 aromatic rings. The maximum atomic E-state index is 12.7. The van der Waals surface area contributed by atoms with Gasteiger partial charge in [0, 0.05) is 31.4 Å². The van der Waals surface area contributed by atoms with Crippen LogP contribution in [0.15, 0.2) is 46.0 Å². The van der Waals surface area contributed by atoms with Crippen molar-refractivity contribution in [1.82, 2.24) is 19.3 Å². The van der Waals surface area contributed by atoms with Crippen LogP contribution in [0.4, 0.5) is 11.5 Å². The number of likely N-dealkylation sites (N-methyl/N-ethyl adjacent to an activating group) is 1. The molecule has 0 saturated heterocycles. The van der Waals surface area contributed by atoms with E-state index in [0.717, 1.165) is 27.4 Å². The number of hydrogen-bond donors (Lipinski definition) is 2. The first-order valence-corrected chi connectivity index (χ1v) is 9.33. The molecule has 2 heterocycles. The monoisotopic (exact) mass is 408 g/mol. The topological polar surface area (TPSA) is 119 Å². The molecule has 1 amide bonds. The lowest BCUT2D eigenvalue weighted by Crippen LogP contribution is -2.39. The fourth-order valence-electron chi connectivity index (χ4n) is 3.23. The summed E-state index contributed by atoms with van der Waals surface area (Å²) in [5, 5.41) is 4.31. The van der Waals surface area contributed by atoms with Crippen LogP contribution in [0.1, 0.15) is 22.5 Å². The third kappa shape index (κ3) is 3.95. The van der Waals surface area contributed by atoms with Gasteiger partial charge in [-0.25, -0.2) is 4.79 Å². The number of nitrogens with zero attached hydrogens (tertiary/aromatic N) is 4. The summed E-state index contributed by atoms with van der Waals surface area (Å²) in [6, 6.07) is 9.22. The van der Waals surface area contributed by atoms with Crippen molar-refractivity contribution in [2.24, 2.45) is 7.05 Å². The molecule has 156 valence electrons. The number of benzene rings is 1. The lowest BCUT2D eigenvalue weighted by atomic mass is 10.2. The standard InChI is InChI=1S/C21H24N6O3/c1-13-16(14(2)26(4)24-13)10-11-17(28)25(3)18-19(22)27(21(30)23-20(18)29)12-15-8-6-5-7-9-15/h5-11H,12,22H2,1-4H3,(H,23,29,30). The fourth-order valence-corrected chi connectivity index (χ4v) is 3.23. The van der Waals surface area contributed by atoms with E-state index < -0.39 is 17.2 Å². The Labute approximate surface area is 173 Å². The number of aromatic nitrogens is 4. The van der Waals surface area contributed by atoms with E-state index in [1.165, 1.54) is 17.7 Å². The summed E-state index contributed by atoms with van der Waals surface area (Å²) in [6.07, 6.45) is 3.00. The highest BCUT2D eigenvalue weighted by atomic mass is 16.2. The molecule has 9 nitrogen and oxygen atoms in total. The average Bonchev–Trinajstić information content (AvgIpc) is 2.95. The fraction of sp³-hybridized carbons (Fsp3) is 0.238. The van der Waals surface area contributed by atoms with Gasteiger partial charge in [-0.05, 0) is 25.5 Å². The van der Waals surface area contributed by atoms with Gasteiger partial charge in [-0.1, -0.05) is 30.3 Å². The number of nitrogen functional groups attached to an aromatic ring is 1. The number of hydrogen-bond acceptors (Lipinski definition) is 5. The molecule has 0 saturated carbocycles. The summed E-state index contributed by atoms with van der Waals surface area (Å²) in [5.41, 5.74) is 8.06. The molecule has 2 aromatic heterocycles. The number of carbonyl (C=O) groups excluding carboxylic acids is 1. The minimum absolute atomic E-state index is 0.0782. The molecule has 0 aliphatic rings. The largest absolute Gasteiger partial charge is 0.383 e. The normalized spacial score (nSPS) is 11.2. The molecule has 3 rings (SSSR count). The van der Waals surface area contributed by atoms with E-state index >= 15 is 0 Å². The van der Waals surface area contributed by atoms with Crippen molar-refractivity contribution in [1.29, 1.82) is 0 Å². The van der Waals surface area contributed by atoms with Gasteiger partial charge in [0.05, 0.1) is 12.2 Å². The van der Waals surface area contributed by atoms with Crippen LogP contribution < -0.4 is 21.9 Å². The van der Waals surface area contributed by atoms with E-state index in [0.29, 0.717) is 0 Å². The summed E-state index contributed by atoms with van der Waals surface area (Å²) < 4.78 is 2.96. The van der Waals surface area contributed by atoms with Crippen LogP contribution in [0.5, 0.6) is 0 Å². The van der Waals surface area contributed by atoms with Crippen LogP contribution in [0, 0.1) is 13.8 Å². The zero-order chi connectivity index (χ0) is 22.0. The van der Waals surface area contributed by atoms with Gasteiger partial charge in [0.2, 0.25) is 0 Å². The highest BCUT2D eigenvalue weighted by Crippen LogP contribution is 2.18.